The van der Waals surface area contributed by atoms with E-state index < -0.39 is 16.1 Å². The van der Waals surface area contributed by atoms with Crippen LogP contribution >= 0.6 is 23.2 Å². The quantitative estimate of drug-likeness (QED) is 0.337. The molecule has 2 aliphatic rings. The summed E-state index contributed by atoms with van der Waals surface area (Å²) < 4.78 is 28.0. The highest BCUT2D eigenvalue weighted by Crippen LogP contribution is 2.42. The van der Waals surface area contributed by atoms with E-state index in [9.17, 15) is 18.0 Å². The molecule has 1 aliphatic carbocycles. The Balaban J connectivity index is 1.31. The number of benzene rings is 3. The van der Waals surface area contributed by atoms with Crippen LogP contribution in [0.4, 0.5) is 5.69 Å². The van der Waals surface area contributed by atoms with Gasteiger partial charge < -0.3 is 10.2 Å². The summed E-state index contributed by atoms with van der Waals surface area (Å²) in [5.74, 6) is -0.429. The van der Waals surface area contributed by atoms with Gasteiger partial charge in [-0.25, -0.2) is 8.42 Å². The van der Waals surface area contributed by atoms with E-state index in [4.69, 9.17) is 23.2 Å². The Bertz CT molecular complexity index is 1520. The molecule has 0 spiro atoms. The average Bonchev–Trinajstić information content (AvgIpc) is 3.50. The first-order valence-electron chi connectivity index (χ1n) is 13.2. The molecule has 39 heavy (non-hydrogen) atoms. The molecule has 206 valence electrons. The van der Waals surface area contributed by atoms with E-state index in [0.29, 0.717) is 32.4 Å². The van der Waals surface area contributed by atoms with Crippen LogP contribution in [-0.4, -0.2) is 43.8 Å². The highest BCUT2D eigenvalue weighted by molar-refractivity contribution is 7.93. The van der Waals surface area contributed by atoms with Crippen molar-refractivity contribution in [3.63, 3.8) is 0 Å². The van der Waals surface area contributed by atoms with Crippen molar-refractivity contribution in [3.05, 3.63) is 70.2 Å². The number of hydrogen-bond donors (Lipinski definition) is 1. The van der Waals surface area contributed by atoms with E-state index in [-0.39, 0.29) is 37.4 Å². The summed E-state index contributed by atoms with van der Waals surface area (Å²) in [4.78, 5) is 28.5. The smallest absolute Gasteiger partial charge is 0.265 e. The fraction of sp³-hybridized carbons (Fsp3) is 0.379. The average molecular weight is 589 g/mol. The summed E-state index contributed by atoms with van der Waals surface area (Å²) in [6.07, 6.45) is 4.44. The summed E-state index contributed by atoms with van der Waals surface area (Å²) in [6.45, 7) is 2.06. The minimum atomic E-state index is -3.70. The molecule has 0 bridgehead atoms. The number of hydrogen-bond acceptors (Lipinski definition) is 4. The molecule has 3 aromatic carbocycles. The van der Waals surface area contributed by atoms with Crippen molar-refractivity contribution in [1.82, 2.24) is 10.2 Å². The van der Waals surface area contributed by atoms with Crippen LogP contribution in [0.2, 0.25) is 10.0 Å². The molecule has 1 fully saturated rings. The molecule has 3 aromatic rings. The second-order valence-electron chi connectivity index (χ2n) is 10.2. The van der Waals surface area contributed by atoms with Crippen molar-refractivity contribution in [2.24, 2.45) is 0 Å². The van der Waals surface area contributed by atoms with Crippen LogP contribution in [0.15, 0.2) is 59.5 Å². The van der Waals surface area contributed by atoms with Gasteiger partial charge in [-0.1, -0.05) is 66.4 Å². The molecular formula is C29H31Cl2N3O4S. The van der Waals surface area contributed by atoms with Crippen molar-refractivity contribution < 1.29 is 18.0 Å². The van der Waals surface area contributed by atoms with Gasteiger partial charge in [-0.05, 0) is 61.4 Å². The van der Waals surface area contributed by atoms with Crippen LogP contribution in [-0.2, 0) is 26.2 Å². The molecule has 1 heterocycles. The maximum absolute atomic E-state index is 13.5. The maximum Gasteiger partial charge on any atom is 0.265 e. The highest BCUT2D eigenvalue weighted by atomic mass is 35.5. The van der Waals surface area contributed by atoms with Gasteiger partial charge in [-0.2, -0.15) is 0 Å². The first-order chi connectivity index (χ1) is 18.7. The molecule has 1 saturated carbocycles. The number of nitrogens with one attached hydrogen (secondary N) is 1. The second kappa shape index (κ2) is 11.4. The van der Waals surface area contributed by atoms with Gasteiger partial charge in [-0.15, -0.1) is 0 Å². The predicted octanol–water partition coefficient (Wildman–Crippen LogP) is 5.91. The molecule has 1 atom stereocenters. The van der Waals surface area contributed by atoms with E-state index in [1.807, 2.05) is 18.2 Å². The number of carbonyl (C=O) groups is 2. The predicted molar refractivity (Wildman–Crippen MR) is 155 cm³/mol. The molecule has 0 saturated heterocycles. The van der Waals surface area contributed by atoms with Crippen molar-refractivity contribution in [2.45, 2.75) is 69.0 Å². The Morgan fingerprint density at radius 1 is 1.05 bits per heavy atom. The summed E-state index contributed by atoms with van der Waals surface area (Å²) >= 11 is 12.3. The number of sulfonamides is 1. The summed E-state index contributed by atoms with van der Waals surface area (Å²) in [6, 6.07) is 15.3. The van der Waals surface area contributed by atoms with Crippen LogP contribution in [0, 0.1) is 0 Å². The molecule has 2 amide bonds. The van der Waals surface area contributed by atoms with Gasteiger partial charge in [0.2, 0.25) is 11.8 Å². The molecule has 1 aliphatic heterocycles. The summed E-state index contributed by atoms with van der Waals surface area (Å²) in [7, 11) is -3.70. The third-order valence-electron chi connectivity index (χ3n) is 7.64. The lowest BCUT2D eigenvalue weighted by atomic mass is 10.1. The van der Waals surface area contributed by atoms with Gasteiger partial charge in [0.1, 0.15) is 6.04 Å². The molecule has 0 unspecified atom stereocenters. The second-order valence-corrected chi connectivity index (χ2v) is 12.9. The Morgan fingerprint density at radius 3 is 2.49 bits per heavy atom. The van der Waals surface area contributed by atoms with Gasteiger partial charge in [0.25, 0.3) is 10.0 Å². The van der Waals surface area contributed by atoms with E-state index in [0.717, 1.165) is 36.6 Å². The number of carbonyl (C=O) groups excluding carboxylic acids is 2. The standard InChI is InChI=1S/C29H31Cl2N3O4S/c1-19(29(36)32-22-9-2-3-10-22)33(18-20-14-15-23(30)24(31)17-20)27(35)13-6-16-34-25-11-4-7-21-8-5-12-26(28(21)25)39(34,37)38/h4-5,7-8,11-12,14-15,17,19,22H,2-3,6,9-10,13,16,18H2,1H3,(H,32,36)/t19-/m0/s1. The van der Waals surface area contributed by atoms with Gasteiger partial charge in [0.15, 0.2) is 0 Å². The minimum absolute atomic E-state index is 0.0840. The fourth-order valence-corrected chi connectivity index (χ4v) is 7.60. The maximum atomic E-state index is 13.5. The molecule has 0 aromatic heterocycles. The molecule has 5 rings (SSSR count). The Labute approximate surface area is 239 Å². The topological polar surface area (TPSA) is 86.8 Å². The minimum Gasteiger partial charge on any atom is -0.352 e. The Kier molecular flexibility index (Phi) is 8.08. The zero-order chi connectivity index (χ0) is 27.7. The summed E-state index contributed by atoms with van der Waals surface area (Å²) in [5, 5.41) is 5.44. The van der Waals surface area contributed by atoms with E-state index in [2.05, 4.69) is 5.32 Å². The Hall–Kier alpha value is -2.81. The molecule has 0 radical (unpaired) electrons. The zero-order valence-electron chi connectivity index (χ0n) is 21.7. The van der Waals surface area contributed by atoms with Gasteiger partial charge in [0, 0.05) is 30.9 Å². The number of nitrogens with zero attached hydrogens (tertiary/aromatic N) is 2. The van der Waals surface area contributed by atoms with Crippen LogP contribution in [0.5, 0.6) is 0 Å². The van der Waals surface area contributed by atoms with Crippen LogP contribution < -0.4 is 9.62 Å². The van der Waals surface area contributed by atoms with E-state index in [1.54, 1.807) is 43.3 Å². The zero-order valence-corrected chi connectivity index (χ0v) is 24.0. The molecule has 1 N–H and O–H groups in total. The first kappa shape index (κ1) is 27.7. The third kappa shape index (κ3) is 5.60. The first-order valence-corrected chi connectivity index (χ1v) is 15.4. The van der Waals surface area contributed by atoms with Crippen LogP contribution in [0.1, 0.15) is 51.0 Å². The summed E-state index contributed by atoms with van der Waals surface area (Å²) in [5.41, 5.74) is 1.38. The lowest BCUT2D eigenvalue weighted by Gasteiger charge is -2.30. The van der Waals surface area contributed by atoms with E-state index in [1.165, 1.54) is 9.21 Å². The van der Waals surface area contributed by atoms with Crippen molar-refractivity contribution in [1.29, 1.82) is 0 Å². The largest absolute Gasteiger partial charge is 0.352 e. The SMILES string of the molecule is C[C@@H](C(=O)NC1CCCC1)N(Cc1ccc(Cl)c(Cl)c1)C(=O)CCCN1c2cccc3cccc(c23)S1(=O)=O. The number of rotatable bonds is 9. The molecule has 10 heteroatoms. The number of halogens is 2. The molecular weight excluding hydrogens is 557 g/mol. The lowest BCUT2D eigenvalue weighted by Crippen LogP contribution is -2.49. The number of amides is 2. The van der Waals surface area contributed by atoms with Crippen LogP contribution in [0.25, 0.3) is 10.8 Å². The van der Waals surface area contributed by atoms with Crippen molar-refractivity contribution in [3.8, 4) is 0 Å². The number of anilines is 1. The fourth-order valence-electron chi connectivity index (χ4n) is 5.53. The van der Waals surface area contributed by atoms with E-state index >= 15 is 0 Å². The lowest BCUT2D eigenvalue weighted by molar-refractivity contribution is -0.141. The third-order valence-corrected chi connectivity index (χ3v) is 10.2. The highest BCUT2D eigenvalue weighted by Gasteiger charge is 2.35. The van der Waals surface area contributed by atoms with Crippen LogP contribution in [0.3, 0.4) is 0 Å². The van der Waals surface area contributed by atoms with Gasteiger partial charge in [-0.3, -0.25) is 13.9 Å². The monoisotopic (exact) mass is 587 g/mol. The van der Waals surface area contributed by atoms with Crippen molar-refractivity contribution in [2.75, 3.05) is 10.8 Å². The van der Waals surface area contributed by atoms with Gasteiger partial charge in [0.05, 0.1) is 20.6 Å². The van der Waals surface area contributed by atoms with Crippen molar-refractivity contribution >= 4 is 61.5 Å². The molecule has 7 nitrogen and oxygen atoms in total. The van der Waals surface area contributed by atoms with Gasteiger partial charge >= 0.3 is 0 Å². The Morgan fingerprint density at radius 2 is 1.77 bits per heavy atom. The normalized spacial score (nSPS) is 16.9.